The highest BCUT2D eigenvalue weighted by molar-refractivity contribution is 5.75. The number of carbonyl (C=O) groups is 1. The van der Waals surface area contributed by atoms with Crippen LogP contribution in [-0.2, 0) is 4.79 Å². The van der Waals surface area contributed by atoms with Crippen molar-refractivity contribution in [1.82, 2.24) is 10.6 Å². The van der Waals surface area contributed by atoms with Crippen LogP contribution in [0.2, 0.25) is 0 Å². The lowest BCUT2D eigenvalue weighted by molar-refractivity contribution is -0.190. The monoisotopic (exact) mass is 598 g/mol. The number of aliphatic hydroxyl groups excluding tert-OH is 3. The van der Waals surface area contributed by atoms with Crippen molar-refractivity contribution in [3.8, 4) is 0 Å². The minimum atomic E-state index is -1.13. The molecule has 6 unspecified atom stereocenters. The van der Waals surface area contributed by atoms with Crippen LogP contribution in [0.5, 0.6) is 0 Å². The van der Waals surface area contributed by atoms with Crippen LogP contribution in [0.3, 0.4) is 0 Å². The van der Waals surface area contributed by atoms with Gasteiger partial charge in [0.1, 0.15) is 6.29 Å². The van der Waals surface area contributed by atoms with Crippen molar-refractivity contribution in [1.29, 1.82) is 0 Å². The van der Waals surface area contributed by atoms with Crippen molar-refractivity contribution in [2.75, 3.05) is 39.9 Å². The molecule has 0 radical (unpaired) electrons. The second-order valence-electron chi connectivity index (χ2n) is 13.1. The molecule has 242 valence electrons. The number of aliphatic hydroxyl groups is 4. The van der Waals surface area contributed by atoms with Crippen molar-refractivity contribution >= 4 is 6.29 Å². The third-order valence-electron chi connectivity index (χ3n) is 10.5. The van der Waals surface area contributed by atoms with Gasteiger partial charge in [-0.05, 0) is 121 Å². The molecule has 0 aromatic rings. The molecule has 0 bridgehead atoms. The third kappa shape index (κ3) is 8.05. The van der Waals surface area contributed by atoms with E-state index >= 15 is 0 Å². The predicted octanol–water partition coefficient (Wildman–Crippen LogP) is 4.54. The van der Waals surface area contributed by atoms with Crippen molar-refractivity contribution < 1.29 is 25.2 Å². The number of carbonyl (C=O) groups excluding carboxylic acids is 1. The smallest absolute Gasteiger partial charge is 0.145 e. The number of rotatable bonds is 17. The van der Waals surface area contributed by atoms with Crippen molar-refractivity contribution in [3.05, 3.63) is 58.7 Å². The van der Waals surface area contributed by atoms with E-state index in [2.05, 4.69) is 37.1 Å². The van der Waals surface area contributed by atoms with Gasteiger partial charge in [-0.1, -0.05) is 54.5 Å². The zero-order chi connectivity index (χ0) is 31.5. The molecule has 2 fully saturated rings. The number of fused-ring (bicyclic) bond motifs is 1. The number of aldehydes is 1. The normalized spacial score (nSPS) is 31.7. The van der Waals surface area contributed by atoms with Crippen LogP contribution in [0.1, 0.15) is 84.5 Å². The summed E-state index contributed by atoms with van der Waals surface area (Å²) < 4.78 is 0. The van der Waals surface area contributed by atoms with Crippen LogP contribution in [0.15, 0.2) is 58.7 Å². The largest absolute Gasteiger partial charge is 0.396 e. The van der Waals surface area contributed by atoms with Gasteiger partial charge in [0.25, 0.3) is 0 Å². The van der Waals surface area contributed by atoms with Gasteiger partial charge in [0.05, 0.1) is 18.3 Å². The number of nitrogens with one attached hydrogen (secondary N) is 2. The Morgan fingerprint density at radius 2 is 2.02 bits per heavy atom. The summed E-state index contributed by atoms with van der Waals surface area (Å²) in [6.45, 7) is 10.7. The Labute approximate surface area is 259 Å². The molecule has 7 nitrogen and oxygen atoms in total. The van der Waals surface area contributed by atoms with E-state index in [1.165, 1.54) is 5.57 Å². The number of allylic oxidation sites excluding steroid dienone is 7. The Morgan fingerprint density at radius 3 is 2.70 bits per heavy atom. The van der Waals surface area contributed by atoms with Gasteiger partial charge in [0, 0.05) is 24.5 Å². The van der Waals surface area contributed by atoms with Crippen molar-refractivity contribution in [3.63, 3.8) is 0 Å². The molecule has 1 spiro atoms. The van der Waals surface area contributed by atoms with Crippen LogP contribution >= 0.6 is 0 Å². The van der Waals surface area contributed by atoms with Gasteiger partial charge < -0.3 is 31.1 Å². The van der Waals surface area contributed by atoms with Crippen molar-refractivity contribution in [2.24, 2.45) is 23.2 Å². The number of hydrogen-bond donors (Lipinski definition) is 6. The average Bonchev–Trinajstić information content (AvgIpc) is 3.34. The maximum atomic E-state index is 12.6. The van der Waals surface area contributed by atoms with Crippen LogP contribution in [0.4, 0.5) is 0 Å². The molecule has 6 atom stereocenters. The maximum absolute atomic E-state index is 12.6. The summed E-state index contributed by atoms with van der Waals surface area (Å²) in [5.74, 6) is -0.391. The lowest BCUT2D eigenvalue weighted by Gasteiger charge is -2.60. The minimum Gasteiger partial charge on any atom is -0.396 e. The Kier molecular flexibility index (Phi) is 14.1. The molecule has 43 heavy (non-hydrogen) atoms. The first-order valence-electron chi connectivity index (χ1n) is 16.6. The molecule has 0 amide bonds. The Hall–Kier alpha value is -1.87. The molecule has 3 aliphatic carbocycles. The van der Waals surface area contributed by atoms with Gasteiger partial charge in [-0.2, -0.15) is 0 Å². The highest BCUT2D eigenvalue weighted by atomic mass is 16.3. The first kappa shape index (κ1) is 35.6. The second kappa shape index (κ2) is 17.0. The molecule has 3 rings (SSSR count). The van der Waals surface area contributed by atoms with Gasteiger partial charge in [-0.25, -0.2) is 0 Å². The Balaban J connectivity index is 1.90. The molecule has 2 saturated carbocycles. The first-order chi connectivity index (χ1) is 20.7. The average molecular weight is 599 g/mol. The zero-order valence-corrected chi connectivity index (χ0v) is 26.9. The second-order valence-corrected chi connectivity index (χ2v) is 13.1. The molecule has 0 aromatic heterocycles. The summed E-state index contributed by atoms with van der Waals surface area (Å²) in [4.78, 5) is 12.3. The first-order valence-corrected chi connectivity index (χ1v) is 16.6. The summed E-state index contributed by atoms with van der Waals surface area (Å²) in [6, 6.07) is 0. The SMILES string of the molecule is C=C(C=CC=C(CO)C1CCC2(C(CCCO)C3=C(C=O)CCCC3CC2(O)CCNC)C1O)CCC=C(C)CNCC. The van der Waals surface area contributed by atoms with Gasteiger partial charge in [-0.3, -0.25) is 4.79 Å². The standard InChI is InChI=1S/C36H58N2O5/c1-5-38-23-27(3)12-6-10-26(2)11-7-14-29(24-40)31-17-18-36(34(31)42)32(16-9-21-39)33-28(13-8-15-30(33)25-41)22-35(36,43)19-20-37-4/h7,11-12,14,25,28,31-32,34,37-40,42-43H,2,5-6,8-10,13,15-24H2,1,3-4H3. The Bertz CT molecular complexity index is 1060. The number of hydrogen-bond acceptors (Lipinski definition) is 7. The zero-order valence-electron chi connectivity index (χ0n) is 26.9. The molecule has 3 aliphatic rings. The van der Waals surface area contributed by atoms with E-state index in [1.54, 1.807) is 0 Å². The van der Waals surface area contributed by atoms with Crippen LogP contribution in [-0.4, -0.2) is 78.3 Å². The molecule has 6 N–H and O–H groups in total. The molecule has 7 heteroatoms. The number of likely N-dealkylation sites (N-methyl/N-ethyl adjacent to an activating group) is 1. The van der Waals surface area contributed by atoms with Gasteiger partial charge >= 0.3 is 0 Å². The lowest BCUT2D eigenvalue weighted by atomic mass is 9.47. The van der Waals surface area contributed by atoms with E-state index in [9.17, 15) is 25.2 Å². The highest BCUT2D eigenvalue weighted by Crippen LogP contribution is 2.66. The van der Waals surface area contributed by atoms with E-state index in [0.29, 0.717) is 45.1 Å². The molecule has 0 aliphatic heterocycles. The molecule has 0 aromatic carbocycles. The van der Waals surface area contributed by atoms with Gasteiger partial charge in [-0.15, -0.1) is 0 Å². The molecular weight excluding hydrogens is 540 g/mol. The lowest BCUT2D eigenvalue weighted by Crippen LogP contribution is -2.63. The summed E-state index contributed by atoms with van der Waals surface area (Å²) in [6.07, 6.45) is 15.9. The minimum absolute atomic E-state index is 0.0247. The predicted molar refractivity (Wildman–Crippen MR) is 174 cm³/mol. The van der Waals surface area contributed by atoms with E-state index in [-0.39, 0.29) is 31.0 Å². The summed E-state index contributed by atoms with van der Waals surface area (Å²) in [5.41, 5.74) is 3.02. The van der Waals surface area contributed by atoms with E-state index in [1.807, 2.05) is 25.3 Å². The fourth-order valence-corrected chi connectivity index (χ4v) is 8.44. The highest BCUT2D eigenvalue weighted by Gasteiger charge is 2.67. The van der Waals surface area contributed by atoms with E-state index in [4.69, 9.17) is 0 Å². The molecule has 0 heterocycles. The topological polar surface area (TPSA) is 122 Å². The Morgan fingerprint density at radius 1 is 1.23 bits per heavy atom. The quantitative estimate of drug-likeness (QED) is 0.0826. The molecule has 0 saturated heterocycles. The van der Waals surface area contributed by atoms with Crippen molar-refractivity contribution in [2.45, 2.75) is 96.2 Å². The summed E-state index contributed by atoms with van der Waals surface area (Å²) in [7, 11) is 1.88. The van der Waals surface area contributed by atoms with E-state index < -0.39 is 17.1 Å². The van der Waals surface area contributed by atoms with Crippen LogP contribution in [0, 0.1) is 23.2 Å². The molecular formula is C36H58N2O5. The summed E-state index contributed by atoms with van der Waals surface area (Å²) in [5, 5.41) is 51.7. The summed E-state index contributed by atoms with van der Waals surface area (Å²) >= 11 is 0. The van der Waals surface area contributed by atoms with Crippen LogP contribution in [0.25, 0.3) is 0 Å². The van der Waals surface area contributed by atoms with Crippen LogP contribution < -0.4 is 10.6 Å². The van der Waals surface area contributed by atoms with Gasteiger partial charge in [0.15, 0.2) is 0 Å². The van der Waals surface area contributed by atoms with Gasteiger partial charge in [0.2, 0.25) is 0 Å². The fraction of sp³-hybridized carbons (Fsp3) is 0.694. The van der Waals surface area contributed by atoms with E-state index in [0.717, 1.165) is 73.8 Å². The third-order valence-corrected chi connectivity index (χ3v) is 10.5. The maximum Gasteiger partial charge on any atom is 0.145 e. The fourth-order valence-electron chi connectivity index (χ4n) is 8.44.